The van der Waals surface area contributed by atoms with Gasteiger partial charge in [-0.05, 0) is 24.5 Å². The maximum absolute atomic E-state index is 11.5. The molecule has 0 N–H and O–H groups in total. The molecule has 19 heavy (non-hydrogen) atoms. The highest BCUT2D eigenvalue weighted by molar-refractivity contribution is 5.96. The molecule has 0 aromatic heterocycles. The summed E-state index contributed by atoms with van der Waals surface area (Å²) >= 11 is 0. The summed E-state index contributed by atoms with van der Waals surface area (Å²) in [4.78, 5) is 22.1. The van der Waals surface area contributed by atoms with Gasteiger partial charge in [0, 0.05) is 24.3 Å². The Morgan fingerprint density at radius 3 is 2.58 bits per heavy atom. The number of ether oxygens (including phenoxy) is 1. The summed E-state index contributed by atoms with van der Waals surface area (Å²) in [6.45, 7) is 0. The van der Waals surface area contributed by atoms with E-state index in [-0.39, 0.29) is 5.78 Å². The smallest absolute Gasteiger partial charge is 0.384 e. The monoisotopic (exact) mass is 254 g/mol. The van der Waals surface area contributed by atoms with Crippen LogP contribution in [0.25, 0.3) is 0 Å². The highest BCUT2D eigenvalue weighted by atomic mass is 16.5. The molecular weight excluding hydrogens is 240 g/mol. The Balaban J connectivity index is 2.31. The second kappa shape index (κ2) is 8.55. The Bertz CT molecular complexity index is 550. The number of rotatable bonds is 3. The van der Waals surface area contributed by atoms with E-state index in [0.29, 0.717) is 19.3 Å². The lowest BCUT2D eigenvalue weighted by molar-refractivity contribution is -0.133. The van der Waals surface area contributed by atoms with Crippen molar-refractivity contribution >= 4 is 11.8 Å². The van der Waals surface area contributed by atoms with Gasteiger partial charge in [-0.1, -0.05) is 30.0 Å². The van der Waals surface area contributed by atoms with Crippen molar-refractivity contribution in [3.05, 3.63) is 35.9 Å². The van der Waals surface area contributed by atoms with Crippen molar-refractivity contribution in [2.75, 3.05) is 7.11 Å². The van der Waals surface area contributed by atoms with Crippen LogP contribution in [0.5, 0.6) is 0 Å². The van der Waals surface area contributed by atoms with Gasteiger partial charge in [-0.3, -0.25) is 4.79 Å². The van der Waals surface area contributed by atoms with E-state index in [1.54, 1.807) is 0 Å². The van der Waals surface area contributed by atoms with E-state index in [9.17, 15) is 9.59 Å². The van der Waals surface area contributed by atoms with Gasteiger partial charge in [0.25, 0.3) is 0 Å². The molecule has 0 saturated heterocycles. The molecular formula is C16H14O3. The standard InChI is InChI=1S/C16H14O3/c1-19-16(18)11-7-3-6-10-15(17)13-12-14-8-4-2-5-9-14/h2,4-5,8-9H,3,6,10H2,1H3. The fraction of sp³-hybridized carbons (Fsp3) is 0.250. The lowest BCUT2D eigenvalue weighted by atomic mass is 10.1. The fourth-order valence-electron chi connectivity index (χ4n) is 1.25. The van der Waals surface area contributed by atoms with Crippen molar-refractivity contribution in [1.82, 2.24) is 0 Å². The van der Waals surface area contributed by atoms with Gasteiger partial charge in [0.05, 0.1) is 7.11 Å². The van der Waals surface area contributed by atoms with Gasteiger partial charge < -0.3 is 4.74 Å². The number of hydrogen-bond donors (Lipinski definition) is 0. The first-order valence-corrected chi connectivity index (χ1v) is 5.89. The van der Waals surface area contributed by atoms with E-state index in [0.717, 1.165) is 5.56 Å². The summed E-state index contributed by atoms with van der Waals surface area (Å²) in [7, 11) is 1.28. The molecule has 3 heteroatoms. The Labute approximate surface area is 113 Å². The first-order chi connectivity index (χ1) is 9.22. The summed E-state index contributed by atoms with van der Waals surface area (Å²) in [5.41, 5.74) is 0.821. The van der Waals surface area contributed by atoms with Crippen LogP contribution in [0, 0.1) is 23.7 Å². The number of methoxy groups -OCH3 is 1. The quantitative estimate of drug-likeness (QED) is 0.358. The summed E-state index contributed by atoms with van der Waals surface area (Å²) in [6, 6.07) is 9.34. The SMILES string of the molecule is COC(=O)C#CCCCC(=O)C#Cc1ccccc1. The van der Waals surface area contributed by atoms with Gasteiger partial charge in [-0.2, -0.15) is 0 Å². The van der Waals surface area contributed by atoms with Crippen LogP contribution in [-0.2, 0) is 14.3 Å². The molecule has 0 radical (unpaired) electrons. The second-order valence-corrected chi connectivity index (χ2v) is 3.69. The van der Waals surface area contributed by atoms with Crippen molar-refractivity contribution in [2.24, 2.45) is 0 Å². The molecule has 1 rings (SSSR count). The average Bonchev–Trinajstić information content (AvgIpc) is 2.45. The van der Waals surface area contributed by atoms with Crippen LogP contribution in [0.4, 0.5) is 0 Å². The molecule has 0 saturated carbocycles. The molecule has 96 valence electrons. The third-order valence-corrected chi connectivity index (χ3v) is 2.20. The molecule has 0 unspecified atom stereocenters. The Kier molecular flexibility index (Phi) is 6.55. The number of carbonyl (C=O) groups is 2. The van der Waals surface area contributed by atoms with Crippen molar-refractivity contribution in [3.63, 3.8) is 0 Å². The van der Waals surface area contributed by atoms with Crippen LogP contribution in [0.3, 0.4) is 0 Å². The van der Waals surface area contributed by atoms with Gasteiger partial charge in [0.2, 0.25) is 5.78 Å². The fourth-order valence-corrected chi connectivity index (χ4v) is 1.25. The molecule has 0 bridgehead atoms. The van der Waals surface area contributed by atoms with Gasteiger partial charge in [0.15, 0.2) is 0 Å². The summed E-state index contributed by atoms with van der Waals surface area (Å²) < 4.78 is 4.36. The maximum atomic E-state index is 11.5. The zero-order valence-electron chi connectivity index (χ0n) is 10.7. The third-order valence-electron chi connectivity index (χ3n) is 2.20. The highest BCUT2D eigenvalue weighted by Gasteiger charge is 1.96. The Hall–Kier alpha value is -2.52. The van der Waals surface area contributed by atoms with Crippen LogP contribution >= 0.6 is 0 Å². The lowest BCUT2D eigenvalue weighted by Crippen LogP contribution is -1.95. The molecule has 0 aliphatic rings. The Morgan fingerprint density at radius 1 is 1.16 bits per heavy atom. The number of ketones is 1. The van der Waals surface area contributed by atoms with Crippen molar-refractivity contribution in [1.29, 1.82) is 0 Å². The normalized spacial score (nSPS) is 8.47. The van der Waals surface area contributed by atoms with E-state index >= 15 is 0 Å². The van der Waals surface area contributed by atoms with E-state index in [1.807, 2.05) is 30.3 Å². The van der Waals surface area contributed by atoms with Gasteiger partial charge in [0.1, 0.15) is 0 Å². The van der Waals surface area contributed by atoms with Crippen LogP contribution in [0.1, 0.15) is 24.8 Å². The van der Waals surface area contributed by atoms with Gasteiger partial charge >= 0.3 is 5.97 Å². The Morgan fingerprint density at radius 2 is 1.89 bits per heavy atom. The largest absolute Gasteiger partial charge is 0.459 e. The molecule has 0 fully saturated rings. The first kappa shape index (κ1) is 14.5. The van der Waals surface area contributed by atoms with Crippen LogP contribution in [-0.4, -0.2) is 18.9 Å². The number of hydrogen-bond acceptors (Lipinski definition) is 3. The first-order valence-electron chi connectivity index (χ1n) is 5.89. The minimum absolute atomic E-state index is 0.122. The number of carbonyl (C=O) groups excluding carboxylic acids is 2. The molecule has 1 aromatic carbocycles. The average molecular weight is 254 g/mol. The topological polar surface area (TPSA) is 43.4 Å². The number of benzene rings is 1. The van der Waals surface area contributed by atoms with E-state index in [2.05, 4.69) is 28.4 Å². The summed E-state index contributed by atoms with van der Waals surface area (Å²) in [6.07, 6.45) is 1.41. The molecule has 3 nitrogen and oxygen atoms in total. The van der Waals surface area contributed by atoms with E-state index < -0.39 is 5.97 Å². The maximum Gasteiger partial charge on any atom is 0.384 e. The minimum atomic E-state index is -0.560. The van der Waals surface area contributed by atoms with E-state index in [1.165, 1.54) is 7.11 Å². The molecule has 0 spiro atoms. The zero-order chi connectivity index (χ0) is 13.9. The zero-order valence-corrected chi connectivity index (χ0v) is 10.7. The molecule has 0 heterocycles. The van der Waals surface area contributed by atoms with Crippen molar-refractivity contribution < 1.29 is 14.3 Å². The third kappa shape index (κ3) is 6.71. The molecule has 0 amide bonds. The summed E-state index contributed by atoms with van der Waals surface area (Å²) in [5, 5.41) is 0. The second-order valence-electron chi connectivity index (χ2n) is 3.69. The van der Waals surface area contributed by atoms with Crippen LogP contribution in [0.2, 0.25) is 0 Å². The molecule has 0 atom stereocenters. The predicted octanol–water partition coefficient (Wildman–Crippen LogP) is 1.95. The number of Topliss-reactive ketones (excluding diaryl/α,β-unsaturated/α-hetero) is 1. The summed E-state index contributed by atoms with van der Waals surface area (Å²) in [5.74, 6) is 9.65. The van der Waals surface area contributed by atoms with Crippen LogP contribution in [0.15, 0.2) is 30.3 Å². The van der Waals surface area contributed by atoms with Gasteiger partial charge in [-0.25, -0.2) is 4.79 Å². The highest BCUT2D eigenvalue weighted by Crippen LogP contribution is 1.97. The van der Waals surface area contributed by atoms with Crippen molar-refractivity contribution in [2.45, 2.75) is 19.3 Å². The van der Waals surface area contributed by atoms with E-state index in [4.69, 9.17) is 0 Å². The number of unbranched alkanes of at least 4 members (excludes halogenated alkanes) is 1. The van der Waals surface area contributed by atoms with Gasteiger partial charge in [-0.15, -0.1) is 0 Å². The molecule has 1 aromatic rings. The number of esters is 1. The molecule has 0 aliphatic heterocycles. The lowest BCUT2D eigenvalue weighted by Gasteiger charge is -1.90. The molecule has 0 aliphatic carbocycles. The predicted molar refractivity (Wildman–Crippen MR) is 72.0 cm³/mol. The van der Waals surface area contributed by atoms with Crippen molar-refractivity contribution in [3.8, 4) is 23.7 Å². The van der Waals surface area contributed by atoms with Crippen LogP contribution < -0.4 is 0 Å². The minimum Gasteiger partial charge on any atom is -0.459 e.